The second-order valence-corrected chi connectivity index (χ2v) is 5.77. The Hall–Kier alpha value is -0.0800. The molecule has 94 valence electrons. The van der Waals surface area contributed by atoms with E-state index in [1.165, 1.54) is 71.2 Å². The van der Waals surface area contributed by atoms with Crippen molar-refractivity contribution >= 4 is 0 Å². The van der Waals surface area contributed by atoms with Gasteiger partial charge in [-0.2, -0.15) is 0 Å². The number of rotatable bonds is 5. The van der Waals surface area contributed by atoms with E-state index in [0.29, 0.717) is 0 Å². The molecule has 1 N–H and O–H groups in total. The molecule has 0 amide bonds. The van der Waals surface area contributed by atoms with Gasteiger partial charge in [-0.15, -0.1) is 0 Å². The van der Waals surface area contributed by atoms with Gasteiger partial charge < -0.3 is 10.2 Å². The van der Waals surface area contributed by atoms with Crippen LogP contribution in [0.5, 0.6) is 0 Å². The van der Waals surface area contributed by atoms with Gasteiger partial charge in [0.2, 0.25) is 0 Å². The molecule has 2 atom stereocenters. The molecule has 1 heterocycles. The van der Waals surface area contributed by atoms with Crippen molar-refractivity contribution in [2.24, 2.45) is 11.8 Å². The highest BCUT2D eigenvalue weighted by Gasteiger charge is 2.22. The summed E-state index contributed by atoms with van der Waals surface area (Å²) in [7, 11) is 0. The smallest absolute Gasteiger partial charge is 0.0107 e. The van der Waals surface area contributed by atoms with E-state index in [0.717, 1.165) is 11.8 Å². The standard InChI is InChI=1S/C14H28N2/c1-13-6-5-7-14(13)12-15-8-11-16-9-3-2-4-10-16/h13-15H,2-12H2,1H3. The van der Waals surface area contributed by atoms with Crippen LogP contribution in [0.3, 0.4) is 0 Å². The van der Waals surface area contributed by atoms with Gasteiger partial charge in [-0.3, -0.25) is 0 Å². The van der Waals surface area contributed by atoms with Crippen LogP contribution >= 0.6 is 0 Å². The molecule has 1 aliphatic heterocycles. The summed E-state index contributed by atoms with van der Waals surface area (Å²) >= 11 is 0. The highest BCUT2D eigenvalue weighted by molar-refractivity contribution is 4.76. The van der Waals surface area contributed by atoms with E-state index in [4.69, 9.17) is 0 Å². The minimum absolute atomic E-state index is 0.960. The van der Waals surface area contributed by atoms with E-state index in [1.807, 2.05) is 0 Å². The molecule has 2 unspecified atom stereocenters. The van der Waals surface area contributed by atoms with Crippen LogP contribution in [0.25, 0.3) is 0 Å². The van der Waals surface area contributed by atoms with E-state index in [2.05, 4.69) is 17.1 Å². The van der Waals surface area contributed by atoms with Gasteiger partial charge in [0.05, 0.1) is 0 Å². The van der Waals surface area contributed by atoms with Gasteiger partial charge in [-0.25, -0.2) is 0 Å². The predicted octanol–water partition coefficient (Wildman–Crippen LogP) is 2.50. The van der Waals surface area contributed by atoms with Crippen molar-refractivity contribution in [3.63, 3.8) is 0 Å². The molecule has 2 fully saturated rings. The molecule has 1 saturated heterocycles. The molecule has 2 rings (SSSR count). The zero-order chi connectivity index (χ0) is 11.2. The molecule has 0 bridgehead atoms. The lowest BCUT2D eigenvalue weighted by atomic mass is 9.98. The van der Waals surface area contributed by atoms with Crippen molar-refractivity contribution in [1.29, 1.82) is 0 Å². The Morgan fingerprint density at radius 1 is 1.06 bits per heavy atom. The molecular formula is C14H28N2. The third-order valence-electron chi connectivity index (χ3n) is 4.50. The molecule has 1 saturated carbocycles. The molecule has 0 spiro atoms. The largest absolute Gasteiger partial charge is 0.315 e. The predicted molar refractivity (Wildman–Crippen MR) is 69.7 cm³/mol. The lowest BCUT2D eigenvalue weighted by Gasteiger charge is -2.26. The van der Waals surface area contributed by atoms with Crippen LogP contribution in [-0.4, -0.2) is 37.6 Å². The molecule has 2 nitrogen and oxygen atoms in total. The van der Waals surface area contributed by atoms with Crippen molar-refractivity contribution in [2.45, 2.75) is 45.4 Å². The number of nitrogens with zero attached hydrogens (tertiary/aromatic N) is 1. The topological polar surface area (TPSA) is 15.3 Å². The Morgan fingerprint density at radius 3 is 2.56 bits per heavy atom. The van der Waals surface area contributed by atoms with E-state index in [1.54, 1.807) is 0 Å². The fraction of sp³-hybridized carbons (Fsp3) is 1.00. The van der Waals surface area contributed by atoms with Crippen molar-refractivity contribution in [2.75, 3.05) is 32.7 Å². The fourth-order valence-electron chi connectivity index (χ4n) is 3.23. The Bertz CT molecular complexity index is 187. The quantitative estimate of drug-likeness (QED) is 0.722. The number of piperidine rings is 1. The first-order valence-electron chi connectivity index (χ1n) is 7.29. The lowest BCUT2D eigenvalue weighted by molar-refractivity contribution is 0.226. The fourth-order valence-corrected chi connectivity index (χ4v) is 3.23. The molecule has 16 heavy (non-hydrogen) atoms. The van der Waals surface area contributed by atoms with Gasteiger partial charge in [-0.05, 0) is 50.7 Å². The third-order valence-corrected chi connectivity index (χ3v) is 4.50. The summed E-state index contributed by atoms with van der Waals surface area (Å²) in [4.78, 5) is 2.62. The molecule has 0 aromatic rings. The average Bonchev–Trinajstić information content (AvgIpc) is 2.72. The molecule has 0 radical (unpaired) electrons. The third kappa shape index (κ3) is 3.74. The van der Waals surface area contributed by atoms with E-state index in [9.17, 15) is 0 Å². The van der Waals surface area contributed by atoms with Crippen LogP contribution in [0.15, 0.2) is 0 Å². The average molecular weight is 224 g/mol. The van der Waals surface area contributed by atoms with E-state index >= 15 is 0 Å². The van der Waals surface area contributed by atoms with Gasteiger partial charge >= 0.3 is 0 Å². The monoisotopic (exact) mass is 224 g/mol. The molecular weight excluding hydrogens is 196 g/mol. The molecule has 0 aromatic heterocycles. The first kappa shape index (κ1) is 12.4. The van der Waals surface area contributed by atoms with Crippen molar-refractivity contribution in [3.8, 4) is 0 Å². The van der Waals surface area contributed by atoms with Crippen LogP contribution in [0, 0.1) is 11.8 Å². The second-order valence-electron chi connectivity index (χ2n) is 5.77. The second kappa shape index (κ2) is 6.61. The number of nitrogens with one attached hydrogen (secondary N) is 1. The number of likely N-dealkylation sites (tertiary alicyclic amines) is 1. The first-order valence-corrected chi connectivity index (χ1v) is 7.29. The van der Waals surface area contributed by atoms with Crippen LogP contribution in [0.2, 0.25) is 0 Å². The first-order chi connectivity index (χ1) is 7.86. The summed E-state index contributed by atoms with van der Waals surface area (Å²) in [6.45, 7) is 8.81. The van der Waals surface area contributed by atoms with Crippen molar-refractivity contribution in [1.82, 2.24) is 10.2 Å². The maximum atomic E-state index is 3.66. The molecule has 2 aliphatic rings. The normalized spacial score (nSPS) is 32.1. The number of hydrogen-bond acceptors (Lipinski definition) is 2. The maximum absolute atomic E-state index is 3.66. The van der Waals surface area contributed by atoms with E-state index in [-0.39, 0.29) is 0 Å². The number of hydrogen-bond donors (Lipinski definition) is 1. The van der Waals surface area contributed by atoms with Crippen LogP contribution in [0.1, 0.15) is 45.4 Å². The minimum Gasteiger partial charge on any atom is -0.315 e. The Balaban J connectivity index is 1.51. The van der Waals surface area contributed by atoms with Gasteiger partial charge in [0.25, 0.3) is 0 Å². The summed E-state index contributed by atoms with van der Waals surface area (Å²) in [6.07, 6.45) is 8.65. The van der Waals surface area contributed by atoms with Crippen LogP contribution < -0.4 is 5.32 Å². The Kier molecular flexibility index (Phi) is 5.11. The summed E-state index contributed by atoms with van der Waals surface area (Å²) in [5, 5.41) is 3.66. The zero-order valence-electron chi connectivity index (χ0n) is 10.9. The van der Waals surface area contributed by atoms with Crippen molar-refractivity contribution in [3.05, 3.63) is 0 Å². The summed E-state index contributed by atoms with van der Waals surface area (Å²) in [6, 6.07) is 0. The maximum Gasteiger partial charge on any atom is 0.0107 e. The lowest BCUT2D eigenvalue weighted by Crippen LogP contribution is -2.37. The highest BCUT2D eigenvalue weighted by Crippen LogP contribution is 2.30. The molecule has 1 aliphatic carbocycles. The van der Waals surface area contributed by atoms with Gasteiger partial charge in [0.15, 0.2) is 0 Å². The summed E-state index contributed by atoms with van der Waals surface area (Å²) < 4.78 is 0. The van der Waals surface area contributed by atoms with Crippen LogP contribution in [0.4, 0.5) is 0 Å². The minimum atomic E-state index is 0.960. The molecule has 0 aromatic carbocycles. The highest BCUT2D eigenvalue weighted by atomic mass is 15.1. The van der Waals surface area contributed by atoms with Crippen molar-refractivity contribution < 1.29 is 0 Å². The summed E-state index contributed by atoms with van der Waals surface area (Å²) in [5.41, 5.74) is 0. The summed E-state index contributed by atoms with van der Waals surface area (Å²) in [5.74, 6) is 1.92. The zero-order valence-corrected chi connectivity index (χ0v) is 10.9. The molecule has 2 heteroatoms. The van der Waals surface area contributed by atoms with Gasteiger partial charge in [0, 0.05) is 13.1 Å². The SMILES string of the molecule is CC1CCCC1CNCCN1CCCCC1. The van der Waals surface area contributed by atoms with E-state index < -0.39 is 0 Å². The van der Waals surface area contributed by atoms with Gasteiger partial charge in [0.1, 0.15) is 0 Å². The van der Waals surface area contributed by atoms with Crippen LogP contribution in [-0.2, 0) is 0 Å². The Labute approximate surface area is 101 Å². The van der Waals surface area contributed by atoms with Gasteiger partial charge in [-0.1, -0.05) is 26.2 Å². The Morgan fingerprint density at radius 2 is 1.88 bits per heavy atom.